The van der Waals surface area contributed by atoms with Crippen LogP contribution in [0.2, 0.25) is 0 Å². The lowest BCUT2D eigenvalue weighted by atomic mass is 10.2. The van der Waals surface area contributed by atoms with Crippen molar-refractivity contribution < 1.29 is 0 Å². The molecule has 2 rings (SSSR count). The Kier molecular flexibility index (Phi) is 4.09. The summed E-state index contributed by atoms with van der Waals surface area (Å²) in [4.78, 5) is 4.29. The van der Waals surface area contributed by atoms with Crippen molar-refractivity contribution >= 4 is 27.3 Å². The highest BCUT2D eigenvalue weighted by molar-refractivity contribution is 9.10. The predicted octanol–water partition coefficient (Wildman–Crippen LogP) is 3.76. The van der Waals surface area contributed by atoms with Crippen molar-refractivity contribution in [3.05, 3.63) is 50.9 Å². The highest BCUT2D eigenvalue weighted by atomic mass is 79.9. The minimum atomic E-state index is 0.301. The van der Waals surface area contributed by atoms with Gasteiger partial charge in [-0.3, -0.25) is 0 Å². The first-order valence-electron chi connectivity index (χ1n) is 5.11. The Labute approximate surface area is 108 Å². The largest absolute Gasteiger partial charge is 0.305 e. The van der Waals surface area contributed by atoms with Crippen LogP contribution in [0.25, 0.3) is 0 Å². The summed E-state index contributed by atoms with van der Waals surface area (Å²) in [7, 11) is 0. The van der Waals surface area contributed by atoms with Gasteiger partial charge >= 0.3 is 0 Å². The molecule has 4 heteroatoms. The third-order valence-corrected chi connectivity index (χ3v) is 3.55. The third-order valence-electron chi connectivity index (χ3n) is 2.42. The Morgan fingerprint density at radius 3 is 2.75 bits per heavy atom. The van der Waals surface area contributed by atoms with Gasteiger partial charge in [-0.25, -0.2) is 4.98 Å². The van der Waals surface area contributed by atoms with E-state index in [1.54, 1.807) is 11.3 Å². The zero-order valence-corrected chi connectivity index (χ0v) is 11.4. The number of nitrogens with zero attached hydrogens (tertiary/aromatic N) is 1. The first-order valence-corrected chi connectivity index (χ1v) is 6.85. The van der Waals surface area contributed by atoms with Gasteiger partial charge in [-0.05, 0) is 24.6 Å². The van der Waals surface area contributed by atoms with Crippen LogP contribution in [0.1, 0.15) is 24.2 Å². The molecular weight excluding hydrogens is 284 g/mol. The molecule has 0 spiro atoms. The summed E-state index contributed by atoms with van der Waals surface area (Å²) in [6.07, 6.45) is 0. The van der Waals surface area contributed by atoms with Crippen LogP contribution in [0.3, 0.4) is 0 Å². The maximum atomic E-state index is 4.29. The standard InChI is InChI=1S/C12H13BrN2S/c1-9(12-7-16-8-15-12)14-6-10-2-4-11(13)5-3-10/h2-5,7-9,14H,6H2,1H3. The first-order chi connectivity index (χ1) is 7.75. The van der Waals surface area contributed by atoms with Crippen LogP contribution in [0.15, 0.2) is 39.6 Å². The van der Waals surface area contributed by atoms with Crippen LogP contribution in [0.4, 0.5) is 0 Å². The normalized spacial score (nSPS) is 12.6. The molecule has 1 N–H and O–H groups in total. The molecule has 0 bridgehead atoms. The lowest BCUT2D eigenvalue weighted by Gasteiger charge is -2.11. The van der Waals surface area contributed by atoms with Gasteiger partial charge < -0.3 is 5.32 Å². The Balaban J connectivity index is 1.90. The van der Waals surface area contributed by atoms with Crippen molar-refractivity contribution in [2.75, 3.05) is 0 Å². The summed E-state index contributed by atoms with van der Waals surface area (Å²) in [5.74, 6) is 0. The van der Waals surface area contributed by atoms with E-state index in [0.717, 1.165) is 16.7 Å². The van der Waals surface area contributed by atoms with Crippen LogP contribution in [0.5, 0.6) is 0 Å². The molecule has 0 radical (unpaired) electrons. The van der Waals surface area contributed by atoms with Gasteiger partial charge in [-0.15, -0.1) is 11.3 Å². The number of nitrogens with one attached hydrogen (secondary N) is 1. The average molecular weight is 297 g/mol. The van der Waals surface area contributed by atoms with Gasteiger partial charge in [0.1, 0.15) is 0 Å². The number of hydrogen-bond donors (Lipinski definition) is 1. The molecular formula is C12H13BrN2S. The Bertz CT molecular complexity index is 425. The molecule has 1 aromatic heterocycles. The summed E-state index contributed by atoms with van der Waals surface area (Å²) in [6.45, 7) is 3.00. The van der Waals surface area contributed by atoms with E-state index in [0.29, 0.717) is 6.04 Å². The monoisotopic (exact) mass is 296 g/mol. The molecule has 1 heterocycles. The van der Waals surface area contributed by atoms with E-state index in [9.17, 15) is 0 Å². The van der Waals surface area contributed by atoms with Crippen molar-refractivity contribution in [3.63, 3.8) is 0 Å². The third kappa shape index (κ3) is 3.14. The van der Waals surface area contributed by atoms with E-state index in [1.165, 1.54) is 5.56 Å². The van der Waals surface area contributed by atoms with E-state index < -0.39 is 0 Å². The zero-order valence-electron chi connectivity index (χ0n) is 8.98. The van der Waals surface area contributed by atoms with Gasteiger partial charge in [0.25, 0.3) is 0 Å². The van der Waals surface area contributed by atoms with Gasteiger partial charge in [0.15, 0.2) is 0 Å². The second kappa shape index (κ2) is 5.57. The van der Waals surface area contributed by atoms with Crippen LogP contribution >= 0.6 is 27.3 Å². The van der Waals surface area contributed by atoms with Crippen molar-refractivity contribution in [2.45, 2.75) is 19.5 Å². The smallest absolute Gasteiger partial charge is 0.0795 e. The lowest BCUT2D eigenvalue weighted by molar-refractivity contribution is 0.564. The van der Waals surface area contributed by atoms with E-state index in [-0.39, 0.29) is 0 Å². The molecule has 0 fully saturated rings. The maximum absolute atomic E-state index is 4.29. The van der Waals surface area contributed by atoms with Gasteiger partial charge in [-0.1, -0.05) is 28.1 Å². The number of benzene rings is 1. The number of rotatable bonds is 4. The Morgan fingerprint density at radius 2 is 2.12 bits per heavy atom. The van der Waals surface area contributed by atoms with E-state index >= 15 is 0 Å². The summed E-state index contributed by atoms with van der Waals surface area (Å²) in [5.41, 5.74) is 4.26. The van der Waals surface area contributed by atoms with E-state index in [4.69, 9.17) is 0 Å². The maximum Gasteiger partial charge on any atom is 0.0795 e. The van der Waals surface area contributed by atoms with E-state index in [1.807, 2.05) is 5.51 Å². The predicted molar refractivity (Wildman–Crippen MR) is 71.5 cm³/mol. The molecule has 1 unspecified atom stereocenters. The summed E-state index contributed by atoms with van der Waals surface area (Å²) in [5, 5.41) is 5.53. The van der Waals surface area contributed by atoms with Crippen LogP contribution in [-0.4, -0.2) is 4.98 Å². The zero-order chi connectivity index (χ0) is 11.4. The summed E-state index contributed by atoms with van der Waals surface area (Å²) >= 11 is 5.06. The van der Waals surface area contributed by atoms with Crippen LogP contribution in [-0.2, 0) is 6.54 Å². The highest BCUT2D eigenvalue weighted by Crippen LogP contribution is 2.14. The van der Waals surface area contributed by atoms with Gasteiger partial charge in [0, 0.05) is 22.4 Å². The molecule has 2 aromatic rings. The lowest BCUT2D eigenvalue weighted by Crippen LogP contribution is -2.18. The molecule has 0 aliphatic heterocycles. The Morgan fingerprint density at radius 1 is 1.38 bits per heavy atom. The highest BCUT2D eigenvalue weighted by Gasteiger charge is 2.05. The fourth-order valence-electron chi connectivity index (χ4n) is 1.41. The summed E-state index contributed by atoms with van der Waals surface area (Å²) < 4.78 is 1.11. The number of halogens is 1. The fraction of sp³-hybridized carbons (Fsp3) is 0.250. The SMILES string of the molecule is CC(NCc1ccc(Br)cc1)c1cscn1. The van der Waals surface area contributed by atoms with Gasteiger partial charge in [-0.2, -0.15) is 0 Å². The Hall–Kier alpha value is -0.710. The van der Waals surface area contributed by atoms with E-state index in [2.05, 4.69) is 62.8 Å². The van der Waals surface area contributed by atoms with Gasteiger partial charge in [0.2, 0.25) is 0 Å². The van der Waals surface area contributed by atoms with Crippen LogP contribution in [0, 0.1) is 0 Å². The molecule has 0 aliphatic rings. The van der Waals surface area contributed by atoms with Crippen molar-refractivity contribution in [3.8, 4) is 0 Å². The van der Waals surface area contributed by atoms with Crippen LogP contribution < -0.4 is 5.32 Å². The first kappa shape index (κ1) is 11.8. The molecule has 0 saturated carbocycles. The minimum Gasteiger partial charge on any atom is -0.305 e. The minimum absolute atomic E-state index is 0.301. The molecule has 84 valence electrons. The molecule has 1 atom stereocenters. The topological polar surface area (TPSA) is 24.9 Å². The second-order valence-electron chi connectivity index (χ2n) is 3.64. The summed E-state index contributed by atoms with van der Waals surface area (Å²) in [6, 6.07) is 8.65. The fourth-order valence-corrected chi connectivity index (χ4v) is 2.33. The number of hydrogen-bond acceptors (Lipinski definition) is 3. The second-order valence-corrected chi connectivity index (χ2v) is 5.28. The molecule has 0 aliphatic carbocycles. The number of thiazole rings is 1. The number of aromatic nitrogens is 1. The van der Waals surface area contributed by atoms with Crippen molar-refractivity contribution in [1.82, 2.24) is 10.3 Å². The van der Waals surface area contributed by atoms with Gasteiger partial charge in [0.05, 0.1) is 11.2 Å². The average Bonchev–Trinajstić information content (AvgIpc) is 2.81. The van der Waals surface area contributed by atoms with Crippen molar-refractivity contribution in [2.24, 2.45) is 0 Å². The molecule has 1 aromatic carbocycles. The molecule has 0 amide bonds. The molecule has 16 heavy (non-hydrogen) atoms. The molecule has 2 nitrogen and oxygen atoms in total. The quantitative estimate of drug-likeness (QED) is 0.929. The molecule has 0 saturated heterocycles. The van der Waals surface area contributed by atoms with Crippen molar-refractivity contribution in [1.29, 1.82) is 0 Å².